The van der Waals surface area contributed by atoms with Crippen molar-refractivity contribution >= 4 is 16.5 Å². The fraction of sp³-hybridized carbons (Fsp3) is 0.231. The first-order chi connectivity index (χ1) is 6.83. The Balaban J connectivity index is 2.69. The van der Waals surface area contributed by atoms with Crippen molar-refractivity contribution in [2.75, 3.05) is 11.9 Å². The molecule has 2 aromatic rings. The minimum atomic E-state index is 0.967. The molecular formula is C13H15N. The molecule has 0 saturated heterocycles. The molecule has 0 atom stereocenters. The number of rotatable bonds is 2. The lowest BCUT2D eigenvalue weighted by molar-refractivity contribution is 1.21. The first kappa shape index (κ1) is 9.07. The summed E-state index contributed by atoms with van der Waals surface area (Å²) < 4.78 is 0. The molecule has 0 amide bonds. The van der Waals surface area contributed by atoms with E-state index in [-0.39, 0.29) is 0 Å². The highest BCUT2D eigenvalue weighted by Crippen LogP contribution is 2.26. The Kier molecular flexibility index (Phi) is 2.40. The van der Waals surface area contributed by atoms with Gasteiger partial charge in [0.25, 0.3) is 0 Å². The number of fused-ring (bicyclic) bond motifs is 1. The van der Waals surface area contributed by atoms with Crippen molar-refractivity contribution < 1.29 is 0 Å². The summed E-state index contributed by atoms with van der Waals surface area (Å²) in [6.45, 7) is 5.24. The van der Waals surface area contributed by atoms with Crippen LogP contribution in [0.25, 0.3) is 10.8 Å². The monoisotopic (exact) mass is 185 g/mol. The zero-order valence-electron chi connectivity index (χ0n) is 8.67. The molecule has 1 heteroatoms. The van der Waals surface area contributed by atoms with Crippen LogP contribution in [0, 0.1) is 6.92 Å². The van der Waals surface area contributed by atoms with Crippen LogP contribution in [-0.4, -0.2) is 6.54 Å². The molecule has 0 spiro atoms. The molecule has 0 aliphatic rings. The third-order valence-electron chi connectivity index (χ3n) is 2.49. The molecule has 1 nitrogen and oxygen atoms in total. The Morgan fingerprint density at radius 2 is 1.86 bits per heavy atom. The Morgan fingerprint density at radius 1 is 1.07 bits per heavy atom. The van der Waals surface area contributed by atoms with E-state index in [9.17, 15) is 0 Å². The summed E-state index contributed by atoms with van der Waals surface area (Å²) in [5.41, 5.74) is 2.58. The maximum Gasteiger partial charge on any atom is 0.0449 e. The fourth-order valence-electron chi connectivity index (χ4n) is 1.79. The minimum absolute atomic E-state index is 0.967. The van der Waals surface area contributed by atoms with E-state index in [1.807, 2.05) is 0 Å². The number of anilines is 1. The standard InChI is InChI=1S/C13H15N/c1-3-14-13-10(2)8-9-11-6-4-5-7-12(11)13/h4-9,14H,3H2,1-2H3. The zero-order valence-corrected chi connectivity index (χ0v) is 8.67. The van der Waals surface area contributed by atoms with Gasteiger partial charge in [-0.15, -0.1) is 0 Å². The number of nitrogens with one attached hydrogen (secondary N) is 1. The molecule has 2 rings (SSSR count). The average Bonchev–Trinajstić information content (AvgIpc) is 2.23. The molecule has 0 aliphatic carbocycles. The maximum absolute atomic E-state index is 3.42. The number of hydrogen-bond donors (Lipinski definition) is 1. The molecule has 0 radical (unpaired) electrons. The Morgan fingerprint density at radius 3 is 2.64 bits per heavy atom. The zero-order chi connectivity index (χ0) is 9.97. The van der Waals surface area contributed by atoms with Gasteiger partial charge in [-0.3, -0.25) is 0 Å². The van der Waals surface area contributed by atoms with Gasteiger partial charge < -0.3 is 5.32 Å². The fourth-order valence-corrected chi connectivity index (χ4v) is 1.79. The van der Waals surface area contributed by atoms with E-state index in [0.29, 0.717) is 0 Å². The summed E-state index contributed by atoms with van der Waals surface area (Å²) >= 11 is 0. The van der Waals surface area contributed by atoms with E-state index in [2.05, 4.69) is 55.6 Å². The van der Waals surface area contributed by atoms with Gasteiger partial charge >= 0.3 is 0 Å². The second-order valence-electron chi connectivity index (χ2n) is 3.51. The van der Waals surface area contributed by atoms with E-state index in [1.54, 1.807) is 0 Å². The predicted molar refractivity (Wildman–Crippen MR) is 62.8 cm³/mol. The second-order valence-corrected chi connectivity index (χ2v) is 3.51. The molecule has 0 unspecified atom stereocenters. The Labute approximate surface area is 84.8 Å². The van der Waals surface area contributed by atoms with Gasteiger partial charge in [-0.05, 0) is 24.8 Å². The van der Waals surface area contributed by atoms with E-state index >= 15 is 0 Å². The van der Waals surface area contributed by atoms with Gasteiger partial charge in [-0.1, -0.05) is 36.4 Å². The van der Waals surface area contributed by atoms with Crippen LogP contribution in [-0.2, 0) is 0 Å². The van der Waals surface area contributed by atoms with E-state index in [4.69, 9.17) is 0 Å². The minimum Gasteiger partial charge on any atom is -0.385 e. The van der Waals surface area contributed by atoms with Crippen LogP contribution >= 0.6 is 0 Å². The quantitative estimate of drug-likeness (QED) is 0.754. The van der Waals surface area contributed by atoms with Gasteiger partial charge in [0.1, 0.15) is 0 Å². The van der Waals surface area contributed by atoms with Crippen molar-refractivity contribution in [3.63, 3.8) is 0 Å². The molecule has 0 saturated carbocycles. The largest absolute Gasteiger partial charge is 0.385 e. The van der Waals surface area contributed by atoms with Crippen LogP contribution in [0.4, 0.5) is 5.69 Å². The molecule has 2 aromatic carbocycles. The molecule has 0 fully saturated rings. The SMILES string of the molecule is CCNc1c(C)ccc2ccccc12. The lowest BCUT2D eigenvalue weighted by Gasteiger charge is -2.10. The van der Waals surface area contributed by atoms with Gasteiger partial charge in [0.15, 0.2) is 0 Å². The third kappa shape index (κ3) is 1.46. The normalized spacial score (nSPS) is 10.4. The predicted octanol–water partition coefficient (Wildman–Crippen LogP) is 3.58. The molecule has 0 heterocycles. The number of aryl methyl sites for hydroxylation is 1. The number of benzene rings is 2. The van der Waals surface area contributed by atoms with Crippen molar-refractivity contribution in [1.82, 2.24) is 0 Å². The van der Waals surface area contributed by atoms with Crippen LogP contribution in [0.15, 0.2) is 36.4 Å². The molecule has 0 aromatic heterocycles. The molecule has 72 valence electrons. The summed E-state index contributed by atoms with van der Waals surface area (Å²) in [7, 11) is 0. The Hall–Kier alpha value is -1.50. The first-order valence-electron chi connectivity index (χ1n) is 5.05. The van der Waals surface area contributed by atoms with Crippen molar-refractivity contribution in [2.45, 2.75) is 13.8 Å². The molecule has 0 bridgehead atoms. The molecule has 14 heavy (non-hydrogen) atoms. The summed E-state index contributed by atoms with van der Waals surface area (Å²) in [6.07, 6.45) is 0. The van der Waals surface area contributed by atoms with Crippen LogP contribution in [0.2, 0.25) is 0 Å². The van der Waals surface area contributed by atoms with Gasteiger partial charge in [0.2, 0.25) is 0 Å². The lowest BCUT2D eigenvalue weighted by atomic mass is 10.0. The lowest BCUT2D eigenvalue weighted by Crippen LogP contribution is -1.99. The highest BCUT2D eigenvalue weighted by molar-refractivity contribution is 5.95. The van der Waals surface area contributed by atoms with Crippen molar-refractivity contribution in [1.29, 1.82) is 0 Å². The smallest absolute Gasteiger partial charge is 0.0449 e. The first-order valence-corrected chi connectivity index (χ1v) is 5.05. The summed E-state index contributed by atoms with van der Waals surface area (Å²) in [5, 5.41) is 6.03. The van der Waals surface area contributed by atoms with Crippen LogP contribution in [0.3, 0.4) is 0 Å². The summed E-state index contributed by atoms with van der Waals surface area (Å²) in [5.74, 6) is 0. The van der Waals surface area contributed by atoms with E-state index in [0.717, 1.165) is 6.54 Å². The third-order valence-corrected chi connectivity index (χ3v) is 2.49. The highest BCUT2D eigenvalue weighted by Gasteiger charge is 2.01. The number of hydrogen-bond acceptors (Lipinski definition) is 1. The topological polar surface area (TPSA) is 12.0 Å². The van der Waals surface area contributed by atoms with Gasteiger partial charge in [-0.2, -0.15) is 0 Å². The van der Waals surface area contributed by atoms with Crippen LogP contribution in [0.1, 0.15) is 12.5 Å². The molecule has 1 N–H and O–H groups in total. The summed E-state index contributed by atoms with van der Waals surface area (Å²) in [6, 6.07) is 12.8. The Bertz CT molecular complexity index is 446. The molecule has 0 aliphatic heterocycles. The maximum atomic E-state index is 3.42. The second kappa shape index (κ2) is 3.70. The van der Waals surface area contributed by atoms with Crippen LogP contribution < -0.4 is 5.32 Å². The summed E-state index contributed by atoms with van der Waals surface area (Å²) in [4.78, 5) is 0. The van der Waals surface area contributed by atoms with Gasteiger partial charge in [-0.25, -0.2) is 0 Å². The van der Waals surface area contributed by atoms with E-state index in [1.165, 1.54) is 22.0 Å². The van der Waals surface area contributed by atoms with Crippen molar-refractivity contribution in [3.8, 4) is 0 Å². The average molecular weight is 185 g/mol. The van der Waals surface area contributed by atoms with Crippen molar-refractivity contribution in [3.05, 3.63) is 42.0 Å². The van der Waals surface area contributed by atoms with Crippen LogP contribution in [0.5, 0.6) is 0 Å². The molecular weight excluding hydrogens is 170 g/mol. The van der Waals surface area contributed by atoms with Gasteiger partial charge in [0.05, 0.1) is 0 Å². The van der Waals surface area contributed by atoms with Gasteiger partial charge in [0, 0.05) is 17.6 Å². The van der Waals surface area contributed by atoms with Crippen molar-refractivity contribution in [2.24, 2.45) is 0 Å². The highest BCUT2D eigenvalue weighted by atomic mass is 14.9. The van der Waals surface area contributed by atoms with E-state index < -0.39 is 0 Å².